The van der Waals surface area contributed by atoms with E-state index in [0.29, 0.717) is 30.0 Å². The predicted molar refractivity (Wildman–Crippen MR) is 78.0 cm³/mol. The molecule has 1 atom stereocenters. The van der Waals surface area contributed by atoms with Crippen molar-refractivity contribution in [3.8, 4) is 5.75 Å². The molecule has 1 N–H and O–H groups in total. The number of carbonyl (C=O) groups is 1. The zero-order chi connectivity index (χ0) is 14.5. The van der Waals surface area contributed by atoms with Crippen molar-refractivity contribution in [3.63, 3.8) is 0 Å². The monoisotopic (exact) mass is 297 g/mol. The van der Waals surface area contributed by atoms with Gasteiger partial charge >= 0.3 is 5.97 Å². The van der Waals surface area contributed by atoms with Crippen molar-refractivity contribution in [1.29, 1.82) is 0 Å². The molecule has 1 fully saturated rings. The summed E-state index contributed by atoms with van der Waals surface area (Å²) in [6.45, 7) is 4.44. The molecular weight excluding hydrogens is 278 g/mol. The van der Waals surface area contributed by atoms with Gasteiger partial charge in [-0.1, -0.05) is 17.7 Å². The molecule has 0 spiro atoms. The molecule has 0 saturated heterocycles. The second kappa shape index (κ2) is 6.95. The summed E-state index contributed by atoms with van der Waals surface area (Å²) in [5, 5.41) is 4.05. The van der Waals surface area contributed by atoms with Crippen molar-refractivity contribution < 1.29 is 14.3 Å². The van der Waals surface area contributed by atoms with Gasteiger partial charge in [0, 0.05) is 23.2 Å². The van der Waals surface area contributed by atoms with Gasteiger partial charge in [0.25, 0.3) is 0 Å². The van der Waals surface area contributed by atoms with Gasteiger partial charge in [-0.15, -0.1) is 0 Å². The molecule has 4 nitrogen and oxygen atoms in total. The Kier molecular flexibility index (Phi) is 5.26. The van der Waals surface area contributed by atoms with Gasteiger partial charge in [0.2, 0.25) is 0 Å². The van der Waals surface area contributed by atoms with Gasteiger partial charge in [-0.25, -0.2) is 4.79 Å². The highest BCUT2D eigenvalue weighted by Crippen LogP contribution is 2.29. The third-order valence-corrected chi connectivity index (χ3v) is 3.50. The fourth-order valence-corrected chi connectivity index (χ4v) is 2.09. The van der Waals surface area contributed by atoms with Gasteiger partial charge in [-0.3, -0.25) is 0 Å². The van der Waals surface area contributed by atoms with Crippen LogP contribution in [-0.2, 0) is 16.1 Å². The first-order chi connectivity index (χ1) is 9.61. The lowest BCUT2D eigenvalue weighted by molar-refractivity contribution is -0.150. The minimum Gasteiger partial charge on any atom is -0.479 e. The molecule has 0 heterocycles. The molecule has 1 unspecified atom stereocenters. The lowest BCUT2D eigenvalue weighted by atomic mass is 10.2. The predicted octanol–water partition coefficient (Wildman–Crippen LogP) is 2.92. The summed E-state index contributed by atoms with van der Waals surface area (Å²) in [7, 11) is 0. The number of hydrogen-bond donors (Lipinski definition) is 1. The zero-order valence-electron chi connectivity index (χ0n) is 11.8. The summed E-state index contributed by atoms with van der Waals surface area (Å²) >= 11 is 6.22. The van der Waals surface area contributed by atoms with E-state index in [1.807, 2.05) is 18.2 Å². The summed E-state index contributed by atoms with van der Waals surface area (Å²) < 4.78 is 10.6. The van der Waals surface area contributed by atoms with Gasteiger partial charge in [-0.05, 0) is 38.8 Å². The maximum absolute atomic E-state index is 11.6. The van der Waals surface area contributed by atoms with E-state index < -0.39 is 6.10 Å². The Hall–Kier alpha value is -1.26. The van der Waals surface area contributed by atoms with Gasteiger partial charge in [0.05, 0.1) is 6.61 Å². The van der Waals surface area contributed by atoms with Crippen LogP contribution in [0.4, 0.5) is 0 Å². The average Bonchev–Trinajstić information content (AvgIpc) is 3.22. The maximum Gasteiger partial charge on any atom is 0.347 e. The molecule has 20 heavy (non-hydrogen) atoms. The van der Waals surface area contributed by atoms with Crippen molar-refractivity contribution in [2.45, 2.75) is 45.4 Å². The van der Waals surface area contributed by atoms with Gasteiger partial charge in [0.15, 0.2) is 6.10 Å². The van der Waals surface area contributed by atoms with Gasteiger partial charge < -0.3 is 14.8 Å². The van der Waals surface area contributed by atoms with E-state index >= 15 is 0 Å². The number of carbonyl (C=O) groups excluding carboxylic acids is 1. The maximum atomic E-state index is 11.6. The average molecular weight is 298 g/mol. The minimum atomic E-state index is -0.645. The van der Waals surface area contributed by atoms with Crippen LogP contribution in [0.2, 0.25) is 5.02 Å². The molecule has 0 bridgehead atoms. The second-order valence-corrected chi connectivity index (χ2v) is 5.29. The zero-order valence-corrected chi connectivity index (χ0v) is 12.6. The van der Waals surface area contributed by atoms with E-state index in [4.69, 9.17) is 21.1 Å². The normalized spacial score (nSPS) is 15.8. The SMILES string of the molecule is CCOC(=O)C(C)Oc1cccc(Cl)c1CNC1CC1. The number of esters is 1. The molecule has 1 aromatic rings. The van der Waals surface area contributed by atoms with Crippen LogP contribution in [0, 0.1) is 0 Å². The fraction of sp³-hybridized carbons (Fsp3) is 0.533. The van der Waals surface area contributed by atoms with Crippen LogP contribution in [0.25, 0.3) is 0 Å². The largest absolute Gasteiger partial charge is 0.479 e. The van der Waals surface area contributed by atoms with Crippen molar-refractivity contribution in [3.05, 3.63) is 28.8 Å². The highest BCUT2D eigenvalue weighted by atomic mass is 35.5. The highest BCUT2D eigenvalue weighted by Gasteiger charge is 2.22. The molecule has 1 aliphatic carbocycles. The van der Waals surface area contributed by atoms with Crippen molar-refractivity contribution in [2.24, 2.45) is 0 Å². The Labute approximate surface area is 124 Å². The smallest absolute Gasteiger partial charge is 0.347 e. The highest BCUT2D eigenvalue weighted by molar-refractivity contribution is 6.31. The van der Waals surface area contributed by atoms with Gasteiger partial charge in [-0.2, -0.15) is 0 Å². The van der Waals surface area contributed by atoms with E-state index in [1.165, 1.54) is 12.8 Å². The fourth-order valence-electron chi connectivity index (χ4n) is 1.85. The summed E-state index contributed by atoms with van der Waals surface area (Å²) in [6, 6.07) is 6.05. The number of nitrogens with one attached hydrogen (secondary N) is 1. The number of halogens is 1. The van der Waals surface area contributed by atoms with E-state index in [2.05, 4.69) is 5.32 Å². The van der Waals surface area contributed by atoms with Crippen LogP contribution in [0.5, 0.6) is 5.75 Å². The molecule has 0 radical (unpaired) electrons. The third-order valence-electron chi connectivity index (χ3n) is 3.14. The lowest BCUT2D eigenvalue weighted by Crippen LogP contribution is -2.27. The van der Waals surface area contributed by atoms with Crippen molar-refractivity contribution in [1.82, 2.24) is 5.32 Å². The molecule has 1 aliphatic rings. The summed E-state index contributed by atoms with van der Waals surface area (Å²) in [5.74, 6) is 0.264. The second-order valence-electron chi connectivity index (χ2n) is 4.88. The molecule has 1 saturated carbocycles. The van der Waals surface area contributed by atoms with E-state index in [1.54, 1.807) is 13.8 Å². The first-order valence-electron chi connectivity index (χ1n) is 6.96. The topological polar surface area (TPSA) is 47.6 Å². The van der Waals surface area contributed by atoms with Crippen LogP contribution >= 0.6 is 11.6 Å². The van der Waals surface area contributed by atoms with E-state index in [0.717, 1.165) is 5.56 Å². The van der Waals surface area contributed by atoms with Gasteiger partial charge in [0.1, 0.15) is 5.75 Å². The van der Waals surface area contributed by atoms with Crippen LogP contribution < -0.4 is 10.1 Å². The van der Waals surface area contributed by atoms with E-state index in [-0.39, 0.29) is 5.97 Å². The lowest BCUT2D eigenvalue weighted by Gasteiger charge is -2.17. The van der Waals surface area contributed by atoms with Crippen LogP contribution in [0.15, 0.2) is 18.2 Å². The molecule has 0 aromatic heterocycles. The molecule has 0 aliphatic heterocycles. The Morgan fingerprint density at radius 2 is 2.25 bits per heavy atom. The number of ether oxygens (including phenoxy) is 2. The Morgan fingerprint density at radius 3 is 2.90 bits per heavy atom. The van der Waals surface area contributed by atoms with Crippen molar-refractivity contribution in [2.75, 3.05) is 6.61 Å². The summed E-state index contributed by atoms with van der Waals surface area (Å²) in [6.07, 6.45) is 1.77. The van der Waals surface area contributed by atoms with Crippen LogP contribution in [0.3, 0.4) is 0 Å². The van der Waals surface area contributed by atoms with Crippen LogP contribution in [-0.4, -0.2) is 24.7 Å². The molecule has 2 rings (SSSR count). The Balaban J connectivity index is 2.05. The molecular formula is C15H20ClNO3. The molecule has 0 amide bonds. The molecule has 110 valence electrons. The number of benzene rings is 1. The number of rotatable bonds is 7. The van der Waals surface area contributed by atoms with E-state index in [9.17, 15) is 4.79 Å². The summed E-state index contributed by atoms with van der Waals surface area (Å²) in [4.78, 5) is 11.6. The third kappa shape index (κ3) is 4.12. The summed E-state index contributed by atoms with van der Waals surface area (Å²) in [5.41, 5.74) is 0.886. The minimum absolute atomic E-state index is 0.345. The first-order valence-corrected chi connectivity index (χ1v) is 7.33. The van der Waals surface area contributed by atoms with Crippen molar-refractivity contribution >= 4 is 17.6 Å². The molecule has 1 aromatic carbocycles. The van der Waals surface area contributed by atoms with Crippen LogP contribution in [0.1, 0.15) is 32.3 Å². The first kappa shape index (κ1) is 15.1. The standard InChI is InChI=1S/C15H20ClNO3/c1-3-19-15(18)10(2)20-14-6-4-5-13(16)12(14)9-17-11-7-8-11/h4-6,10-11,17H,3,7-9H2,1-2H3. The Bertz CT molecular complexity index is 474. The number of hydrogen-bond acceptors (Lipinski definition) is 4. The molecule has 5 heteroatoms. The Morgan fingerprint density at radius 1 is 1.50 bits per heavy atom. The quantitative estimate of drug-likeness (QED) is 0.786.